The molecule has 1 aliphatic rings. The van der Waals surface area contributed by atoms with Gasteiger partial charge in [0.05, 0.1) is 5.25 Å². The second kappa shape index (κ2) is 9.39. The number of benzene rings is 1. The van der Waals surface area contributed by atoms with Gasteiger partial charge in [-0.15, -0.1) is 21.5 Å². The van der Waals surface area contributed by atoms with Crippen LogP contribution in [-0.2, 0) is 24.2 Å². The molecular weight excluding hydrogens is 388 g/mol. The Labute approximate surface area is 173 Å². The van der Waals surface area contributed by atoms with Crippen molar-refractivity contribution in [3.8, 4) is 0 Å². The van der Waals surface area contributed by atoms with Gasteiger partial charge in [-0.1, -0.05) is 54.6 Å². The van der Waals surface area contributed by atoms with Gasteiger partial charge in [-0.2, -0.15) is 0 Å². The predicted octanol–water partition coefficient (Wildman–Crippen LogP) is 3.93. The molecule has 1 aromatic carbocycles. The first-order chi connectivity index (χ1) is 13.8. The van der Waals surface area contributed by atoms with Crippen molar-refractivity contribution in [3.05, 3.63) is 64.1 Å². The largest absolute Gasteiger partial charge is 0.355 e. The third-order valence-corrected chi connectivity index (χ3v) is 7.03. The maximum Gasteiger partial charge on any atom is 0.233 e. The lowest BCUT2D eigenvalue weighted by atomic mass is 10.1. The van der Waals surface area contributed by atoms with Crippen LogP contribution in [0, 0.1) is 0 Å². The summed E-state index contributed by atoms with van der Waals surface area (Å²) in [6, 6.07) is 14.7. The van der Waals surface area contributed by atoms with Gasteiger partial charge in [-0.05, 0) is 36.3 Å². The summed E-state index contributed by atoms with van der Waals surface area (Å²) in [6.45, 7) is 1.59. The van der Waals surface area contributed by atoms with E-state index >= 15 is 0 Å². The van der Waals surface area contributed by atoms with E-state index in [0.29, 0.717) is 0 Å². The van der Waals surface area contributed by atoms with Gasteiger partial charge in [0.1, 0.15) is 5.82 Å². The SMILES string of the molecule is O=C1NCCCC[C@@H]1Sc1nnc(Cc2cccs2)n1CCc1ccccc1. The highest BCUT2D eigenvalue weighted by atomic mass is 32.2. The van der Waals surface area contributed by atoms with Gasteiger partial charge in [0.25, 0.3) is 0 Å². The quantitative estimate of drug-likeness (QED) is 0.639. The highest BCUT2D eigenvalue weighted by molar-refractivity contribution is 8.00. The molecule has 1 fully saturated rings. The van der Waals surface area contributed by atoms with Crippen molar-refractivity contribution in [1.29, 1.82) is 0 Å². The molecule has 4 rings (SSSR count). The fraction of sp³-hybridized carbons (Fsp3) is 0.381. The van der Waals surface area contributed by atoms with Crippen LogP contribution in [0.5, 0.6) is 0 Å². The Bertz CT molecular complexity index is 893. The summed E-state index contributed by atoms with van der Waals surface area (Å²) in [7, 11) is 0. The number of amides is 1. The first kappa shape index (κ1) is 19.2. The van der Waals surface area contributed by atoms with E-state index < -0.39 is 0 Å². The van der Waals surface area contributed by atoms with Crippen molar-refractivity contribution in [2.24, 2.45) is 0 Å². The van der Waals surface area contributed by atoms with Crippen LogP contribution in [0.1, 0.15) is 35.5 Å². The molecule has 7 heteroatoms. The molecule has 3 heterocycles. The Morgan fingerprint density at radius 1 is 1.14 bits per heavy atom. The van der Waals surface area contributed by atoms with Crippen molar-refractivity contribution in [3.63, 3.8) is 0 Å². The summed E-state index contributed by atoms with van der Waals surface area (Å²) in [4.78, 5) is 13.7. The molecular formula is C21H24N4OS2. The van der Waals surface area contributed by atoms with Gasteiger partial charge < -0.3 is 9.88 Å². The molecule has 0 saturated carbocycles. The van der Waals surface area contributed by atoms with E-state index in [1.807, 2.05) is 6.07 Å². The Morgan fingerprint density at radius 3 is 2.86 bits per heavy atom. The summed E-state index contributed by atoms with van der Waals surface area (Å²) < 4.78 is 2.20. The zero-order valence-electron chi connectivity index (χ0n) is 15.7. The molecule has 0 aliphatic carbocycles. The molecule has 1 N–H and O–H groups in total. The molecule has 1 atom stereocenters. The highest BCUT2D eigenvalue weighted by Crippen LogP contribution is 2.28. The number of carbonyl (C=O) groups excluding carboxylic acids is 1. The van der Waals surface area contributed by atoms with Crippen LogP contribution in [0.4, 0.5) is 0 Å². The monoisotopic (exact) mass is 412 g/mol. The number of aromatic nitrogens is 3. The lowest BCUT2D eigenvalue weighted by Crippen LogP contribution is -2.30. The minimum atomic E-state index is -0.0863. The van der Waals surface area contributed by atoms with Crippen LogP contribution in [-0.4, -0.2) is 32.5 Å². The molecule has 5 nitrogen and oxygen atoms in total. The number of hydrogen-bond acceptors (Lipinski definition) is 5. The lowest BCUT2D eigenvalue weighted by Gasteiger charge is -2.14. The van der Waals surface area contributed by atoms with Crippen molar-refractivity contribution in [2.75, 3.05) is 6.54 Å². The number of rotatable bonds is 7. The Morgan fingerprint density at radius 2 is 2.04 bits per heavy atom. The van der Waals surface area contributed by atoms with Gasteiger partial charge >= 0.3 is 0 Å². The van der Waals surface area contributed by atoms with Gasteiger partial charge in [0, 0.05) is 24.4 Å². The number of thioether (sulfide) groups is 1. The number of nitrogens with zero attached hydrogens (tertiary/aromatic N) is 3. The number of hydrogen-bond donors (Lipinski definition) is 1. The molecule has 2 aromatic heterocycles. The average Bonchev–Trinajstić information content (AvgIpc) is 3.31. The van der Waals surface area contributed by atoms with Crippen LogP contribution in [0.3, 0.4) is 0 Å². The van der Waals surface area contributed by atoms with E-state index in [9.17, 15) is 4.79 Å². The topological polar surface area (TPSA) is 59.8 Å². The fourth-order valence-corrected chi connectivity index (χ4v) is 5.21. The van der Waals surface area contributed by atoms with Gasteiger partial charge in [0.2, 0.25) is 5.91 Å². The molecule has 1 aliphatic heterocycles. The Balaban J connectivity index is 1.55. The minimum Gasteiger partial charge on any atom is -0.355 e. The Kier molecular flexibility index (Phi) is 6.44. The van der Waals surface area contributed by atoms with Gasteiger partial charge in [0.15, 0.2) is 5.16 Å². The van der Waals surface area contributed by atoms with Crippen LogP contribution in [0.25, 0.3) is 0 Å². The van der Waals surface area contributed by atoms with E-state index in [2.05, 4.69) is 61.9 Å². The molecule has 0 radical (unpaired) electrons. The first-order valence-electron chi connectivity index (χ1n) is 9.72. The predicted molar refractivity (Wildman–Crippen MR) is 114 cm³/mol. The van der Waals surface area contributed by atoms with Gasteiger partial charge in [-0.3, -0.25) is 4.79 Å². The summed E-state index contributed by atoms with van der Waals surface area (Å²) >= 11 is 3.30. The van der Waals surface area contributed by atoms with Crippen molar-refractivity contribution < 1.29 is 4.79 Å². The molecule has 0 spiro atoms. The maximum absolute atomic E-state index is 12.4. The van der Waals surface area contributed by atoms with Crippen LogP contribution in [0.15, 0.2) is 53.0 Å². The summed E-state index contributed by atoms with van der Waals surface area (Å²) in [5, 5.41) is 14.8. The smallest absolute Gasteiger partial charge is 0.233 e. The number of carbonyl (C=O) groups is 1. The molecule has 3 aromatic rings. The van der Waals surface area contributed by atoms with E-state index in [-0.39, 0.29) is 11.2 Å². The number of aryl methyl sites for hydroxylation is 1. The van der Waals surface area contributed by atoms with Crippen molar-refractivity contribution >= 4 is 29.0 Å². The third kappa shape index (κ3) is 4.83. The van der Waals surface area contributed by atoms with E-state index in [4.69, 9.17) is 0 Å². The van der Waals surface area contributed by atoms with Crippen LogP contribution >= 0.6 is 23.1 Å². The number of nitrogens with one attached hydrogen (secondary N) is 1. The maximum atomic E-state index is 12.4. The molecule has 0 bridgehead atoms. The zero-order valence-corrected chi connectivity index (χ0v) is 17.3. The molecule has 146 valence electrons. The standard InChI is InChI=1S/C21H24N4OS2/c26-20-18(10-4-5-12-22-20)28-21-24-23-19(15-17-9-6-14-27-17)25(21)13-11-16-7-2-1-3-8-16/h1-3,6-9,14,18H,4-5,10-13,15H2,(H,22,26)/t18-/m0/s1. The van der Waals surface area contributed by atoms with E-state index in [1.54, 1.807) is 23.1 Å². The van der Waals surface area contributed by atoms with E-state index in [1.165, 1.54) is 10.4 Å². The molecule has 1 saturated heterocycles. The van der Waals surface area contributed by atoms with Crippen LogP contribution < -0.4 is 5.32 Å². The normalized spacial score (nSPS) is 17.3. The number of thiophene rings is 1. The summed E-state index contributed by atoms with van der Waals surface area (Å²) in [6.07, 6.45) is 4.70. The van der Waals surface area contributed by atoms with Crippen molar-refractivity contribution in [2.45, 2.75) is 49.1 Å². The van der Waals surface area contributed by atoms with Crippen molar-refractivity contribution in [1.82, 2.24) is 20.1 Å². The second-order valence-corrected chi connectivity index (χ2v) is 9.14. The highest BCUT2D eigenvalue weighted by Gasteiger charge is 2.25. The molecule has 0 unspecified atom stereocenters. The van der Waals surface area contributed by atoms with Gasteiger partial charge in [-0.25, -0.2) is 0 Å². The summed E-state index contributed by atoms with van der Waals surface area (Å²) in [5.41, 5.74) is 1.29. The lowest BCUT2D eigenvalue weighted by molar-refractivity contribution is -0.120. The third-order valence-electron chi connectivity index (χ3n) is 4.91. The minimum absolute atomic E-state index is 0.0863. The van der Waals surface area contributed by atoms with E-state index in [0.717, 1.165) is 56.2 Å². The molecule has 1 amide bonds. The first-order valence-corrected chi connectivity index (χ1v) is 11.5. The second-order valence-electron chi connectivity index (χ2n) is 6.94. The summed E-state index contributed by atoms with van der Waals surface area (Å²) in [5.74, 6) is 1.09. The fourth-order valence-electron chi connectivity index (χ4n) is 3.37. The van der Waals surface area contributed by atoms with Crippen LogP contribution in [0.2, 0.25) is 0 Å². The Hall–Kier alpha value is -2.12. The zero-order chi connectivity index (χ0) is 19.2. The molecule has 28 heavy (non-hydrogen) atoms. The average molecular weight is 413 g/mol.